The summed E-state index contributed by atoms with van der Waals surface area (Å²) >= 11 is 1.91. The van der Waals surface area contributed by atoms with Gasteiger partial charge in [0.2, 0.25) is 0 Å². The van der Waals surface area contributed by atoms with Crippen molar-refractivity contribution in [2.75, 3.05) is 0 Å². The molecule has 8 rings (SSSR count). The molecule has 51 heavy (non-hydrogen) atoms. The molecule has 1 aliphatic rings. The molecule has 0 N–H and O–H groups in total. The summed E-state index contributed by atoms with van der Waals surface area (Å²) in [7, 11) is 0. The van der Waals surface area contributed by atoms with Gasteiger partial charge in [0.15, 0.2) is 0 Å². The molecule has 1 saturated carbocycles. The molecule has 5 heteroatoms. The second-order valence-electron chi connectivity index (χ2n) is 13.9. The zero-order chi connectivity index (χ0) is 38.1. The van der Waals surface area contributed by atoms with E-state index in [-0.39, 0.29) is 26.0 Å². The van der Waals surface area contributed by atoms with Crippen LogP contribution in [0.25, 0.3) is 55.6 Å². The van der Waals surface area contributed by atoms with E-state index in [1.54, 1.807) is 12.4 Å². The van der Waals surface area contributed by atoms with Gasteiger partial charge in [0, 0.05) is 34.4 Å². The number of pyridine rings is 2. The fourth-order valence-electron chi connectivity index (χ4n) is 6.54. The van der Waals surface area contributed by atoms with E-state index in [1.807, 2.05) is 110 Å². The number of benzene rings is 4. The first-order chi connectivity index (χ1) is 25.8. The van der Waals surface area contributed by atoms with Gasteiger partial charge in [-0.1, -0.05) is 97.1 Å². The number of aromatic nitrogens is 2. The Kier molecular flexibility index (Phi) is 10.4. The molecule has 0 spiro atoms. The first kappa shape index (κ1) is 31.9. The van der Waals surface area contributed by atoms with Crippen LogP contribution in [0.3, 0.4) is 0 Å². The van der Waals surface area contributed by atoms with Gasteiger partial charge in [0.1, 0.15) is 5.58 Å². The van der Waals surface area contributed by atoms with Gasteiger partial charge in [-0.25, -0.2) is 0 Å². The summed E-state index contributed by atoms with van der Waals surface area (Å²) < 4.78 is 41.9. The summed E-state index contributed by atoms with van der Waals surface area (Å²) in [6.07, 6.45) is 6.00. The van der Waals surface area contributed by atoms with Gasteiger partial charge >= 0.3 is 121 Å². The molecule has 0 unspecified atom stereocenters. The van der Waals surface area contributed by atoms with Crippen molar-refractivity contribution < 1.29 is 30.0 Å². The van der Waals surface area contributed by atoms with E-state index < -0.39 is 18.2 Å². The van der Waals surface area contributed by atoms with Crippen LogP contribution in [0.15, 0.2) is 120 Å². The summed E-state index contributed by atoms with van der Waals surface area (Å²) in [4.78, 5) is 9.00. The number of nitrogens with zero attached hydrogens (tertiary/aromatic N) is 2. The van der Waals surface area contributed by atoms with Crippen LogP contribution in [0.5, 0.6) is 0 Å². The first-order valence-electron chi connectivity index (χ1n) is 19.4. The van der Waals surface area contributed by atoms with E-state index in [9.17, 15) is 0 Å². The van der Waals surface area contributed by atoms with Gasteiger partial charge in [-0.3, -0.25) is 0 Å². The topological polar surface area (TPSA) is 38.9 Å². The zero-order valence-corrected chi connectivity index (χ0v) is 33.7. The minimum Gasteiger partial charge on any atom is -0.501 e. The molecule has 0 bridgehead atoms. The Labute approximate surface area is 330 Å². The predicted molar refractivity (Wildman–Crippen MR) is 209 cm³/mol. The Morgan fingerprint density at radius 3 is 2.37 bits per heavy atom. The van der Waals surface area contributed by atoms with Gasteiger partial charge in [-0.15, -0.1) is 18.2 Å². The first-order valence-corrected chi connectivity index (χ1v) is 18.5. The van der Waals surface area contributed by atoms with E-state index in [2.05, 4.69) is 52.4 Å². The summed E-state index contributed by atoms with van der Waals surface area (Å²) in [5.74, 6) is 0.0545. The molecule has 1 aliphatic carbocycles. The smallest absolute Gasteiger partial charge is 0.121 e. The SMILES string of the molecule is [2H]C([2H])(c1cc(-c2[c-]cccc2)nc[c]1[Ge])C(C)(C)C.[2H]C([2H])(c1ccnc(-c2[c-]ccc3c2oc2cc(-c4ccccc4)ccc23)c1)C1CCCCC1.[Ir]. The van der Waals surface area contributed by atoms with Crippen LogP contribution in [0.1, 0.15) is 69.5 Å². The Balaban J connectivity index is 0.000000211. The predicted octanol–water partition coefficient (Wildman–Crippen LogP) is 11.2. The second-order valence-corrected chi connectivity index (χ2v) is 15.1. The van der Waals surface area contributed by atoms with Crippen molar-refractivity contribution >= 4 is 42.8 Å². The van der Waals surface area contributed by atoms with Crippen molar-refractivity contribution in [2.45, 2.75) is 65.6 Å². The van der Waals surface area contributed by atoms with Crippen molar-refractivity contribution in [2.24, 2.45) is 11.3 Å². The minimum absolute atomic E-state index is 0. The molecule has 0 saturated heterocycles. The van der Waals surface area contributed by atoms with Crippen LogP contribution in [-0.2, 0) is 32.9 Å². The Hall–Kier alpha value is -3.83. The number of fused-ring (bicyclic) bond motifs is 3. The summed E-state index contributed by atoms with van der Waals surface area (Å²) in [6.45, 7) is 5.75. The molecule has 3 heterocycles. The van der Waals surface area contributed by atoms with Crippen molar-refractivity contribution in [1.82, 2.24) is 9.97 Å². The molecule has 7 aromatic rings. The summed E-state index contributed by atoms with van der Waals surface area (Å²) in [6, 6.07) is 40.2. The van der Waals surface area contributed by atoms with Gasteiger partial charge in [0.05, 0.1) is 5.58 Å². The molecule has 4 aromatic carbocycles. The number of hydrogen-bond acceptors (Lipinski definition) is 3. The Morgan fingerprint density at radius 2 is 1.61 bits per heavy atom. The number of furan rings is 1. The average molecular weight is 909 g/mol. The van der Waals surface area contributed by atoms with Gasteiger partial charge in [-0.05, 0) is 41.2 Å². The number of hydrogen-bond donors (Lipinski definition) is 0. The van der Waals surface area contributed by atoms with Crippen molar-refractivity contribution in [1.29, 1.82) is 0 Å². The van der Waals surface area contributed by atoms with Crippen molar-refractivity contribution in [3.05, 3.63) is 139 Å². The molecule has 0 atom stereocenters. The largest absolute Gasteiger partial charge is 0.501 e. The summed E-state index contributed by atoms with van der Waals surface area (Å²) in [5, 5.41) is 2.07. The van der Waals surface area contributed by atoms with Crippen LogP contribution in [0.4, 0.5) is 0 Å². The van der Waals surface area contributed by atoms with Crippen molar-refractivity contribution in [3.63, 3.8) is 0 Å². The third-order valence-electron chi connectivity index (χ3n) is 8.93. The van der Waals surface area contributed by atoms with Crippen LogP contribution in [0.2, 0.25) is 0 Å². The minimum atomic E-state index is -1.41. The average Bonchev–Trinajstić information content (AvgIpc) is 3.57. The van der Waals surface area contributed by atoms with E-state index in [4.69, 9.17) is 9.90 Å². The second kappa shape index (κ2) is 16.7. The monoisotopic (exact) mass is 910 g/mol. The molecular weight excluding hydrogens is 861 g/mol. The fraction of sp³-hybridized carbons (Fsp3) is 0.261. The van der Waals surface area contributed by atoms with Crippen LogP contribution in [-0.4, -0.2) is 26.5 Å². The van der Waals surface area contributed by atoms with E-state index in [0.29, 0.717) is 16.8 Å². The Bertz CT molecular complexity index is 2390. The van der Waals surface area contributed by atoms with E-state index in [1.165, 1.54) is 6.42 Å². The van der Waals surface area contributed by atoms with E-state index >= 15 is 0 Å². The molecule has 0 aliphatic heterocycles. The molecular formula is C46H43GeIrN2O-2. The van der Waals surface area contributed by atoms with Crippen LogP contribution >= 0.6 is 0 Å². The maximum absolute atomic E-state index is 8.88. The van der Waals surface area contributed by atoms with Crippen LogP contribution in [0, 0.1) is 23.5 Å². The zero-order valence-electron chi connectivity index (χ0n) is 33.2. The molecule has 1 fully saturated rings. The van der Waals surface area contributed by atoms with Gasteiger partial charge < -0.3 is 9.40 Å². The standard InChI is InChI=1S/C30H26NO.C16H17GeN.Ir/c1-3-8-21(9-4-1)18-22-16-17-31-28(19-22)27-13-7-12-26-25-15-14-24(20-29(25)32-30(26)27)23-10-5-2-6-11-23;1-16(2,3)10-13-9-15(18-11-14(13)17)12-7-5-4-6-8-12;/h2,5-7,10-12,14-17,19-21H,1,3-4,8-9,18H2;4-7,9,11H,10H2,1-3H3;/q2*-1;/i18D2;10D2;. The quantitative estimate of drug-likeness (QED) is 0.123. The molecule has 258 valence electrons. The summed E-state index contributed by atoms with van der Waals surface area (Å²) in [5.41, 5.74) is 7.87. The third kappa shape index (κ3) is 9.16. The van der Waals surface area contributed by atoms with E-state index in [0.717, 1.165) is 80.0 Å². The maximum Gasteiger partial charge on any atom is 0.121 e. The maximum atomic E-state index is 8.88. The molecule has 4 radical (unpaired) electrons. The number of rotatable bonds is 6. The molecule has 3 nitrogen and oxygen atoms in total. The molecule has 0 amide bonds. The Morgan fingerprint density at radius 1 is 0.804 bits per heavy atom. The van der Waals surface area contributed by atoms with Gasteiger partial charge in [-0.2, -0.15) is 0 Å². The van der Waals surface area contributed by atoms with Crippen LogP contribution < -0.4 is 4.40 Å². The van der Waals surface area contributed by atoms with Crippen molar-refractivity contribution in [3.8, 4) is 33.6 Å². The normalized spacial score (nSPS) is 15.1. The third-order valence-corrected chi connectivity index (χ3v) is 9.77. The molecule has 3 aromatic heterocycles. The fourth-order valence-corrected chi connectivity index (χ4v) is 6.96. The van der Waals surface area contributed by atoms with Gasteiger partial charge in [0.25, 0.3) is 0 Å².